The Balaban J connectivity index is 1.80. The molecular formula is C16H25NO4. The molecule has 21 heavy (non-hydrogen) atoms. The zero-order valence-corrected chi connectivity index (χ0v) is 13.3. The van der Waals surface area contributed by atoms with Crippen LogP contribution in [-0.4, -0.2) is 35.3 Å². The minimum Gasteiger partial charge on any atom is -0.472 e. The van der Waals surface area contributed by atoms with Gasteiger partial charge in [0, 0.05) is 18.7 Å². The summed E-state index contributed by atoms with van der Waals surface area (Å²) in [5.41, 5.74) is 0.386. The van der Waals surface area contributed by atoms with Crippen molar-refractivity contribution >= 4 is 6.09 Å². The van der Waals surface area contributed by atoms with E-state index in [4.69, 9.17) is 13.9 Å². The molecule has 0 bridgehead atoms. The van der Waals surface area contributed by atoms with Gasteiger partial charge < -0.3 is 18.8 Å². The molecule has 1 aromatic heterocycles. The third kappa shape index (κ3) is 4.77. The molecule has 0 radical (unpaired) electrons. The monoisotopic (exact) mass is 295 g/mol. The van der Waals surface area contributed by atoms with Crippen LogP contribution in [-0.2, 0) is 16.1 Å². The van der Waals surface area contributed by atoms with Crippen molar-refractivity contribution in [3.05, 3.63) is 24.2 Å². The fourth-order valence-corrected chi connectivity index (χ4v) is 2.27. The van der Waals surface area contributed by atoms with Crippen LogP contribution in [0.2, 0.25) is 0 Å². The summed E-state index contributed by atoms with van der Waals surface area (Å²) >= 11 is 0. The number of carbonyl (C=O) groups is 1. The number of nitrogens with zero attached hydrogens (tertiary/aromatic N) is 1. The van der Waals surface area contributed by atoms with E-state index in [1.165, 1.54) is 0 Å². The minimum absolute atomic E-state index is 0.199. The summed E-state index contributed by atoms with van der Waals surface area (Å²) in [6, 6.07) is 1.90. The van der Waals surface area contributed by atoms with Gasteiger partial charge in [0.15, 0.2) is 0 Å². The first-order valence-electron chi connectivity index (χ1n) is 7.40. The summed E-state index contributed by atoms with van der Waals surface area (Å²) in [5.74, 6) is 0. The summed E-state index contributed by atoms with van der Waals surface area (Å²) in [5, 5.41) is 0. The smallest absolute Gasteiger partial charge is 0.410 e. The normalized spacial score (nSPS) is 18.6. The molecule has 1 aliphatic heterocycles. The topological polar surface area (TPSA) is 51.9 Å². The van der Waals surface area contributed by atoms with Crippen molar-refractivity contribution in [1.29, 1.82) is 0 Å². The summed E-state index contributed by atoms with van der Waals surface area (Å²) in [7, 11) is 0. The van der Waals surface area contributed by atoms with Crippen molar-refractivity contribution in [3.63, 3.8) is 0 Å². The maximum atomic E-state index is 12.0. The fourth-order valence-electron chi connectivity index (χ4n) is 2.27. The van der Waals surface area contributed by atoms with Crippen molar-refractivity contribution in [1.82, 2.24) is 4.90 Å². The summed E-state index contributed by atoms with van der Waals surface area (Å²) in [4.78, 5) is 13.8. The van der Waals surface area contributed by atoms with Crippen LogP contribution < -0.4 is 0 Å². The number of carbonyl (C=O) groups excluding carboxylic acids is 1. The molecule has 118 valence electrons. The standard InChI is InChI=1S/C16H25NO4/c1-15(2,3)21-14(18)17-8-6-16(4,7-9-17)20-12-13-5-10-19-11-13/h5,10-11H,6-9,12H2,1-4H3. The molecule has 0 aliphatic carbocycles. The first-order chi connectivity index (χ1) is 9.77. The third-order valence-corrected chi connectivity index (χ3v) is 3.64. The van der Waals surface area contributed by atoms with E-state index in [-0.39, 0.29) is 11.7 Å². The molecule has 0 aromatic carbocycles. The number of piperidine rings is 1. The first-order valence-corrected chi connectivity index (χ1v) is 7.40. The second kappa shape index (κ2) is 6.10. The average molecular weight is 295 g/mol. The van der Waals surface area contributed by atoms with Gasteiger partial charge >= 0.3 is 6.09 Å². The van der Waals surface area contributed by atoms with Crippen LogP contribution >= 0.6 is 0 Å². The fraction of sp³-hybridized carbons (Fsp3) is 0.688. The highest BCUT2D eigenvalue weighted by Gasteiger charge is 2.34. The molecule has 5 nitrogen and oxygen atoms in total. The van der Waals surface area contributed by atoms with Crippen LogP contribution in [0.1, 0.15) is 46.1 Å². The van der Waals surface area contributed by atoms with Crippen LogP contribution in [0.25, 0.3) is 0 Å². The van der Waals surface area contributed by atoms with Crippen molar-refractivity contribution in [2.75, 3.05) is 13.1 Å². The molecular weight excluding hydrogens is 270 g/mol. The highest BCUT2D eigenvalue weighted by Crippen LogP contribution is 2.28. The Morgan fingerprint density at radius 1 is 1.38 bits per heavy atom. The van der Waals surface area contributed by atoms with Crippen LogP contribution in [0, 0.1) is 0 Å². The quantitative estimate of drug-likeness (QED) is 0.855. The molecule has 1 fully saturated rings. The van der Waals surface area contributed by atoms with Crippen LogP contribution in [0.4, 0.5) is 4.79 Å². The van der Waals surface area contributed by atoms with Gasteiger partial charge in [-0.1, -0.05) is 0 Å². The van der Waals surface area contributed by atoms with E-state index < -0.39 is 5.60 Å². The van der Waals surface area contributed by atoms with Gasteiger partial charge in [0.05, 0.1) is 24.7 Å². The Labute approximate surface area is 126 Å². The van der Waals surface area contributed by atoms with Gasteiger partial charge in [0.1, 0.15) is 5.60 Å². The van der Waals surface area contributed by atoms with E-state index in [2.05, 4.69) is 6.92 Å². The van der Waals surface area contributed by atoms with Gasteiger partial charge in [-0.25, -0.2) is 4.79 Å². The van der Waals surface area contributed by atoms with Crippen molar-refractivity contribution < 1.29 is 18.7 Å². The Hall–Kier alpha value is -1.49. The number of hydrogen-bond acceptors (Lipinski definition) is 4. The largest absolute Gasteiger partial charge is 0.472 e. The van der Waals surface area contributed by atoms with E-state index in [0.29, 0.717) is 19.7 Å². The summed E-state index contributed by atoms with van der Waals surface area (Å²) in [6.45, 7) is 9.61. The number of rotatable bonds is 3. The van der Waals surface area contributed by atoms with Gasteiger partial charge in [0.25, 0.3) is 0 Å². The van der Waals surface area contributed by atoms with Gasteiger partial charge in [-0.15, -0.1) is 0 Å². The Morgan fingerprint density at radius 3 is 2.57 bits per heavy atom. The number of amides is 1. The number of hydrogen-bond donors (Lipinski definition) is 0. The van der Waals surface area contributed by atoms with Crippen LogP contribution in [0.3, 0.4) is 0 Å². The molecule has 1 aromatic rings. The lowest BCUT2D eigenvalue weighted by Gasteiger charge is -2.39. The lowest BCUT2D eigenvalue weighted by Crippen LogP contribution is -2.47. The van der Waals surface area contributed by atoms with Crippen molar-refractivity contribution in [3.8, 4) is 0 Å². The van der Waals surface area contributed by atoms with E-state index >= 15 is 0 Å². The number of furan rings is 1. The average Bonchev–Trinajstić information content (AvgIpc) is 2.88. The van der Waals surface area contributed by atoms with Crippen molar-refractivity contribution in [2.24, 2.45) is 0 Å². The lowest BCUT2D eigenvalue weighted by molar-refractivity contribution is -0.0812. The summed E-state index contributed by atoms with van der Waals surface area (Å²) in [6.07, 6.45) is 4.72. The number of likely N-dealkylation sites (tertiary alicyclic amines) is 1. The summed E-state index contributed by atoms with van der Waals surface area (Å²) < 4.78 is 16.4. The predicted octanol–water partition coefficient (Wildman–Crippen LogP) is 3.59. The molecule has 0 spiro atoms. The van der Waals surface area contributed by atoms with Crippen LogP contribution in [0.5, 0.6) is 0 Å². The zero-order valence-electron chi connectivity index (χ0n) is 13.3. The maximum Gasteiger partial charge on any atom is 0.410 e. The molecule has 5 heteroatoms. The minimum atomic E-state index is -0.449. The van der Waals surface area contributed by atoms with Gasteiger partial charge in [-0.3, -0.25) is 0 Å². The van der Waals surface area contributed by atoms with Gasteiger partial charge in [0.2, 0.25) is 0 Å². The molecule has 1 saturated heterocycles. The molecule has 0 atom stereocenters. The molecule has 0 N–H and O–H groups in total. The van der Waals surface area contributed by atoms with Crippen molar-refractivity contribution in [2.45, 2.75) is 58.3 Å². The van der Waals surface area contributed by atoms with E-state index in [1.54, 1.807) is 17.4 Å². The molecule has 2 heterocycles. The number of ether oxygens (including phenoxy) is 2. The third-order valence-electron chi connectivity index (χ3n) is 3.64. The first kappa shape index (κ1) is 15.9. The van der Waals surface area contributed by atoms with E-state index in [1.807, 2.05) is 26.8 Å². The molecule has 1 amide bonds. The van der Waals surface area contributed by atoms with Gasteiger partial charge in [-0.2, -0.15) is 0 Å². The second-order valence-electron chi connectivity index (χ2n) is 6.84. The molecule has 0 saturated carbocycles. The van der Waals surface area contributed by atoms with Gasteiger partial charge in [-0.05, 0) is 46.6 Å². The zero-order chi connectivity index (χ0) is 15.5. The molecule has 2 rings (SSSR count). The second-order valence-corrected chi connectivity index (χ2v) is 6.84. The molecule has 0 unspecified atom stereocenters. The highest BCUT2D eigenvalue weighted by molar-refractivity contribution is 5.68. The highest BCUT2D eigenvalue weighted by atomic mass is 16.6. The molecule has 1 aliphatic rings. The predicted molar refractivity (Wildman–Crippen MR) is 78.9 cm³/mol. The SMILES string of the molecule is CC(C)(C)OC(=O)N1CCC(C)(OCc2ccoc2)CC1. The Kier molecular flexibility index (Phi) is 4.61. The Morgan fingerprint density at radius 2 is 2.05 bits per heavy atom. The lowest BCUT2D eigenvalue weighted by atomic mass is 9.93. The Bertz CT molecular complexity index is 453. The van der Waals surface area contributed by atoms with E-state index in [9.17, 15) is 4.79 Å². The van der Waals surface area contributed by atoms with E-state index in [0.717, 1.165) is 18.4 Å². The maximum absolute atomic E-state index is 12.0. The van der Waals surface area contributed by atoms with Crippen LogP contribution in [0.15, 0.2) is 23.0 Å².